The highest BCUT2D eigenvalue weighted by Gasteiger charge is 2.56. The molecule has 182 valence electrons. The third-order valence-electron chi connectivity index (χ3n) is 5.32. The summed E-state index contributed by atoms with van der Waals surface area (Å²) >= 11 is 1.51. The molecule has 2 N–H and O–H groups in total. The van der Waals surface area contributed by atoms with E-state index in [1.165, 1.54) is 24.1 Å². The Labute approximate surface area is 199 Å². The van der Waals surface area contributed by atoms with Crippen molar-refractivity contribution in [2.45, 2.75) is 88.6 Å². The lowest BCUT2D eigenvalue weighted by atomic mass is 9.89. The molecule has 0 unspecified atom stereocenters. The number of aryl methyl sites for hydroxylation is 1. The summed E-state index contributed by atoms with van der Waals surface area (Å²) in [6.45, 7) is 4.12. The van der Waals surface area contributed by atoms with Crippen LogP contribution in [0.2, 0.25) is 0 Å². The summed E-state index contributed by atoms with van der Waals surface area (Å²) < 4.78 is 46.0. The van der Waals surface area contributed by atoms with Crippen molar-refractivity contribution in [3.05, 3.63) is 35.4 Å². The maximum Gasteiger partial charge on any atom is 0.423 e. The van der Waals surface area contributed by atoms with Crippen LogP contribution < -0.4 is 10.0 Å². The second-order valence-corrected chi connectivity index (χ2v) is 9.68. The van der Waals surface area contributed by atoms with Gasteiger partial charge in [0.1, 0.15) is 0 Å². The number of unbranched alkanes of at least 4 members (excludes halogenated alkanes) is 4. The Hall–Kier alpha value is -1.98. The van der Waals surface area contributed by atoms with Crippen LogP contribution in [0.3, 0.4) is 0 Å². The Morgan fingerprint density at radius 1 is 1.12 bits per heavy atom. The molecule has 1 aliphatic carbocycles. The van der Waals surface area contributed by atoms with Crippen molar-refractivity contribution in [3.63, 3.8) is 0 Å². The molecule has 0 radical (unpaired) electrons. The molecule has 4 nitrogen and oxygen atoms in total. The van der Waals surface area contributed by atoms with Gasteiger partial charge in [0, 0.05) is 30.2 Å². The number of carbonyl (C=O) groups is 2. The predicted octanol–water partition coefficient (Wildman–Crippen LogP) is 5.75. The number of Topliss-reactive ketones (excluding diaryl/α,β-unsaturated/α-hetero) is 1. The lowest BCUT2D eigenvalue weighted by Gasteiger charge is -2.31. The molecule has 8 heteroatoms. The Morgan fingerprint density at radius 2 is 1.82 bits per heavy atom. The molecule has 0 aliphatic heterocycles. The van der Waals surface area contributed by atoms with Crippen molar-refractivity contribution in [2.75, 3.05) is 6.54 Å². The number of rotatable bonds is 13. The fraction of sp³-hybridized carbons (Fsp3) is 0.600. The van der Waals surface area contributed by atoms with Crippen LogP contribution in [0.1, 0.15) is 80.6 Å². The number of halogens is 3. The van der Waals surface area contributed by atoms with Crippen LogP contribution in [0.5, 0.6) is 0 Å². The number of alkyl halides is 3. The lowest BCUT2D eigenvalue weighted by molar-refractivity contribution is -0.181. The summed E-state index contributed by atoms with van der Waals surface area (Å²) in [5.41, 5.74) is -1.86. The van der Waals surface area contributed by atoms with Crippen LogP contribution in [0.4, 0.5) is 13.2 Å². The van der Waals surface area contributed by atoms with E-state index in [0.29, 0.717) is 11.7 Å². The van der Waals surface area contributed by atoms with Crippen LogP contribution in [-0.4, -0.2) is 35.2 Å². The molecular weight excluding hydrogens is 449 g/mol. The van der Waals surface area contributed by atoms with Crippen molar-refractivity contribution >= 4 is 23.6 Å². The van der Waals surface area contributed by atoms with Gasteiger partial charge >= 0.3 is 6.18 Å². The fourth-order valence-corrected chi connectivity index (χ4v) is 3.95. The highest BCUT2D eigenvalue weighted by atomic mass is 32.2. The molecule has 1 aliphatic rings. The number of hydrogen-bond donors (Lipinski definition) is 2. The first-order valence-electron chi connectivity index (χ1n) is 11.5. The molecule has 1 fully saturated rings. The van der Waals surface area contributed by atoms with Gasteiger partial charge in [-0.05, 0) is 26.2 Å². The SMILES string of the molecule is CCCCCCC#C[C@](CC(=O)c1ccc(C)cc1)(NC(=O)CCNSC1CC1)C(F)(F)F. The third-order valence-corrected chi connectivity index (χ3v) is 6.50. The number of ketones is 1. The number of nitrogens with one attached hydrogen (secondary N) is 2. The minimum Gasteiger partial charge on any atom is -0.332 e. The Kier molecular flexibility index (Phi) is 10.8. The first-order chi connectivity index (χ1) is 15.7. The van der Waals surface area contributed by atoms with Crippen LogP contribution in [0.25, 0.3) is 0 Å². The quantitative estimate of drug-likeness (QED) is 0.163. The van der Waals surface area contributed by atoms with E-state index in [0.717, 1.165) is 37.7 Å². The van der Waals surface area contributed by atoms with Crippen LogP contribution in [-0.2, 0) is 4.79 Å². The molecule has 0 heterocycles. The average molecular weight is 483 g/mol. The van der Waals surface area contributed by atoms with Crippen molar-refractivity contribution in [2.24, 2.45) is 0 Å². The summed E-state index contributed by atoms with van der Waals surface area (Å²) in [7, 11) is 0. The van der Waals surface area contributed by atoms with E-state index in [1.807, 2.05) is 13.8 Å². The highest BCUT2D eigenvalue weighted by Crippen LogP contribution is 2.35. The molecule has 0 spiro atoms. The molecule has 2 rings (SSSR count). The van der Waals surface area contributed by atoms with E-state index in [9.17, 15) is 22.8 Å². The topological polar surface area (TPSA) is 58.2 Å². The van der Waals surface area contributed by atoms with Crippen molar-refractivity contribution in [1.82, 2.24) is 10.0 Å². The second-order valence-electron chi connectivity index (χ2n) is 8.49. The standard InChI is InChI=1S/C25H33F3N2O2S/c1-3-4-5-6-7-8-16-24(25(26,27)28,18-22(31)20-11-9-19(2)10-12-20)30-23(32)15-17-29-33-21-13-14-21/h9-12,21,29H,3-7,13-15,17-18H2,1-2H3,(H,30,32)/t24-/m1/s1. The summed E-state index contributed by atoms with van der Waals surface area (Å²) in [5, 5.41) is 2.60. The molecule has 1 aromatic carbocycles. The van der Waals surface area contributed by atoms with E-state index in [-0.39, 0.29) is 24.9 Å². The highest BCUT2D eigenvalue weighted by molar-refractivity contribution is 7.98. The minimum atomic E-state index is -4.91. The van der Waals surface area contributed by atoms with Gasteiger partial charge in [0.15, 0.2) is 5.78 Å². The number of benzene rings is 1. The van der Waals surface area contributed by atoms with Crippen molar-refractivity contribution < 1.29 is 22.8 Å². The van der Waals surface area contributed by atoms with Crippen molar-refractivity contribution in [1.29, 1.82) is 0 Å². The van der Waals surface area contributed by atoms with E-state index < -0.39 is 29.8 Å². The molecule has 1 saturated carbocycles. The largest absolute Gasteiger partial charge is 0.423 e. The zero-order chi connectivity index (χ0) is 24.3. The predicted molar refractivity (Wildman–Crippen MR) is 127 cm³/mol. The number of hydrogen-bond acceptors (Lipinski definition) is 4. The van der Waals surface area contributed by atoms with Crippen LogP contribution in [0.15, 0.2) is 24.3 Å². The fourth-order valence-electron chi connectivity index (χ4n) is 3.13. The van der Waals surface area contributed by atoms with E-state index >= 15 is 0 Å². The van der Waals surface area contributed by atoms with Gasteiger partial charge in [0.05, 0.1) is 6.42 Å². The Bertz CT molecular complexity index is 842. The van der Waals surface area contributed by atoms with Crippen molar-refractivity contribution in [3.8, 4) is 11.8 Å². The monoisotopic (exact) mass is 482 g/mol. The normalized spacial score (nSPS) is 15.3. The molecule has 33 heavy (non-hydrogen) atoms. The van der Waals surface area contributed by atoms with E-state index in [4.69, 9.17) is 0 Å². The molecule has 0 bridgehead atoms. The average Bonchev–Trinajstić information content (AvgIpc) is 3.57. The van der Waals surface area contributed by atoms with Gasteiger partial charge in [0.2, 0.25) is 11.4 Å². The summed E-state index contributed by atoms with van der Waals surface area (Å²) in [6.07, 6.45) is 0.0501. The molecule has 0 aromatic heterocycles. The van der Waals surface area contributed by atoms with Gasteiger partial charge in [-0.25, -0.2) is 0 Å². The van der Waals surface area contributed by atoms with Gasteiger partial charge in [-0.2, -0.15) is 13.2 Å². The van der Waals surface area contributed by atoms with Crippen LogP contribution in [0, 0.1) is 18.8 Å². The summed E-state index contributed by atoms with van der Waals surface area (Å²) in [6, 6.07) is 6.34. The third kappa shape index (κ3) is 9.42. The maximum absolute atomic E-state index is 14.3. The zero-order valence-electron chi connectivity index (χ0n) is 19.3. The lowest BCUT2D eigenvalue weighted by Crippen LogP contribution is -2.59. The van der Waals surface area contributed by atoms with Gasteiger partial charge in [-0.15, -0.1) is 5.92 Å². The van der Waals surface area contributed by atoms with Gasteiger partial charge < -0.3 is 5.32 Å². The first kappa shape index (κ1) is 27.3. The van der Waals surface area contributed by atoms with E-state index in [1.54, 1.807) is 12.1 Å². The number of amides is 1. The Morgan fingerprint density at radius 3 is 2.42 bits per heavy atom. The second kappa shape index (κ2) is 13.0. The van der Waals surface area contributed by atoms with E-state index in [2.05, 4.69) is 21.9 Å². The first-order valence-corrected chi connectivity index (χ1v) is 12.4. The Balaban J connectivity index is 2.17. The number of carbonyl (C=O) groups excluding carboxylic acids is 2. The summed E-state index contributed by atoms with van der Waals surface area (Å²) in [5.74, 6) is 3.36. The molecule has 1 atom stereocenters. The summed E-state index contributed by atoms with van der Waals surface area (Å²) in [4.78, 5) is 25.2. The van der Waals surface area contributed by atoms with Crippen LogP contribution >= 0.6 is 11.9 Å². The smallest absolute Gasteiger partial charge is 0.332 e. The molecule has 1 aromatic rings. The molecule has 1 amide bonds. The zero-order valence-corrected chi connectivity index (χ0v) is 20.1. The van der Waals surface area contributed by atoms with Gasteiger partial charge in [-0.1, -0.05) is 73.9 Å². The minimum absolute atomic E-state index is 0.131. The van der Waals surface area contributed by atoms with Gasteiger partial charge in [0.25, 0.3) is 0 Å². The maximum atomic E-state index is 14.3. The molecular formula is C25H33F3N2O2S. The van der Waals surface area contributed by atoms with Gasteiger partial charge in [-0.3, -0.25) is 14.3 Å². The molecule has 0 saturated heterocycles.